The number of benzene rings is 1. The Morgan fingerprint density at radius 1 is 1.40 bits per heavy atom. The molecule has 1 aromatic carbocycles. The molecule has 1 spiro atoms. The minimum Gasteiger partial charge on any atom is -0.296 e. The molecule has 0 bridgehead atoms. The summed E-state index contributed by atoms with van der Waals surface area (Å²) >= 11 is 7.90. The standard InChI is InChI=1S/C15H16ClNO2S/c1-9-6-15(8-20-9)7-12(18)17-14(19)13(15)10-3-2-4-11(16)5-10/h2-5,9,13H,6-8H2,1H3,(H,17,18,19). The number of thioether (sulfide) groups is 1. The van der Waals surface area contributed by atoms with Crippen molar-refractivity contribution in [2.24, 2.45) is 5.41 Å². The molecule has 3 rings (SSSR count). The van der Waals surface area contributed by atoms with Crippen LogP contribution in [0.25, 0.3) is 0 Å². The molecule has 0 radical (unpaired) electrons. The summed E-state index contributed by atoms with van der Waals surface area (Å²) in [5.74, 6) is 0.238. The fraction of sp³-hybridized carbons (Fsp3) is 0.467. The average molecular weight is 310 g/mol. The molecule has 0 aromatic heterocycles. The van der Waals surface area contributed by atoms with Gasteiger partial charge in [0.1, 0.15) is 0 Å². The molecule has 20 heavy (non-hydrogen) atoms. The Morgan fingerprint density at radius 2 is 2.20 bits per heavy atom. The number of piperidine rings is 1. The van der Waals surface area contributed by atoms with Gasteiger partial charge in [0.15, 0.2) is 0 Å². The van der Waals surface area contributed by atoms with E-state index in [1.807, 2.05) is 30.0 Å². The van der Waals surface area contributed by atoms with Crippen LogP contribution in [-0.4, -0.2) is 22.8 Å². The summed E-state index contributed by atoms with van der Waals surface area (Å²) in [6, 6.07) is 7.44. The van der Waals surface area contributed by atoms with E-state index in [-0.39, 0.29) is 23.1 Å². The number of hydrogen-bond donors (Lipinski definition) is 1. The van der Waals surface area contributed by atoms with Gasteiger partial charge in [-0.2, -0.15) is 11.8 Å². The van der Waals surface area contributed by atoms with Crippen molar-refractivity contribution in [3.05, 3.63) is 34.9 Å². The van der Waals surface area contributed by atoms with Crippen molar-refractivity contribution in [2.75, 3.05) is 5.75 Å². The van der Waals surface area contributed by atoms with Crippen molar-refractivity contribution in [3.63, 3.8) is 0 Å². The maximum absolute atomic E-state index is 12.4. The van der Waals surface area contributed by atoms with Crippen molar-refractivity contribution >= 4 is 35.2 Å². The molecule has 2 amide bonds. The minimum absolute atomic E-state index is 0.150. The molecule has 1 N–H and O–H groups in total. The van der Waals surface area contributed by atoms with E-state index in [0.29, 0.717) is 16.7 Å². The van der Waals surface area contributed by atoms with Crippen LogP contribution in [-0.2, 0) is 9.59 Å². The number of rotatable bonds is 1. The summed E-state index contributed by atoms with van der Waals surface area (Å²) in [6.45, 7) is 2.16. The van der Waals surface area contributed by atoms with E-state index in [4.69, 9.17) is 11.6 Å². The first-order chi connectivity index (χ1) is 9.50. The van der Waals surface area contributed by atoms with E-state index < -0.39 is 0 Å². The van der Waals surface area contributed by atoms with Gasteiger partial charge in [-0.05, 0) is 24.1 Å². The first kappa shape index (κ1) is 14.0. The average Bonchev–Trinajstić information content (AvgIpc) is 2.69. The van der Waals surface area contributed by atoms with Crippen LogP contribution in [0.1, 0.15) is 31.2 Å². The highest BCUT2D eigenvalue weighted by molar-refractivity contribution is 8.00. The van der Waals surface area contributed by atoms with Crippen LogP contribution in [0.4, 0.5) is 0 Å². The van der Waals surface area contributed by atoms with E-state index in [1.165, 1.54) is 0 Å². The zero-order valence-electron chi connectivity index (χ0n) is 11.2. The Kier molecular flexibility index (Phi) is 3.55. The third-order valence-electron chi connectivity index (χ3n) is 4.18. The molecular formula is C15H16ClNO2S. The monoisotopic (exact) mass is 309 g/mol. The molecule has 3 nitrogen and oxygen atoms in total. The Balaban J connectivity index is 2.04. The maximum atomic E-state index is 12.4. The lowest BCUT2D eigenvalue weighted by Crippen LogP contribution is -2.51. The van der Waals surface area contributed by atoms with Gasteiger partial charge in [-0.1, -0.05) is 30.7 Å². The van der Waals surface area contributed by atoms with E-state index >= 15 is 0 Å². The van der Waals surface area contributed by atoms with Gasteiger partial charge in [0.2, 0.25) is 11.8 Å². The molecule has 106 valence electrons. The molecule has 2 aliphatic heterocycles. The van der Waals surface area contributed by atoms with Gasteiger partial charge in [0.25, 0.3) is 0 Å². The Bertz CT molecular complexity index is 577. The molecule has 2 heterocycles. The van der Waals surface area contributed by atoms with E-state index in [9.17, 15) is 9.59 Å². The third kappa shape index (κ3) is 2.35. The summed E-state index contributed by atoms with van der Waals surface area (Å²) in [5, 5.41) is 3.59. The number of hydrogen-bond acceptors (Lipinski definition) is 3. The quantitative estimate of drug-likeness (QED) is 0.811. The largest absolute Gasteiger partial charge is 0.296 e. The first-order valence-electron chi connectivity index (χ1n) is 6.71. The summed E-state index contributed by atoms with van der Waals surface area (Å²) in [5.41, 5.74) is 0.658. The number of carbonyl (C=O) groups is 2. The second-order valence-corrected chi connectivity index (χ2v) is 7.63. The van der Waals surface area contributed by atoms with Crippen molar-refractivity contribution in [1.29, 1.82) is 0 Å². The highest BCUT2D eigenvalue weighted by atomic mass is 35.5. The van der Waals surface area contributed by atoms with Gasteiger partial charge in [0, 0.05) is 27.9 Å². The van der Waals surface area contributed by atoms with E-state index in [1.54, 1.807) is 6.07 Å². The van der Waals surface area contributed by atoms with Crippen LogP contribution in [0.15, 0.2) is 24.3 Å². The number of amides is 2. The highest BCUT2D eigenvalue weighted by Crippen LogP contribution is 2.53. The lowest BCUT2D eigenvalue weighted by molar-refractivity contribution is -0.139. The van der Waals surface area contributed by atoms with Gasteiger partial charge in [-0.15, -0.1) is 0 Å². The number of nitrogens with one attached hydrogen (secondary N) is 1. The lowest BCUT2D eigenvalue weighted by atomic mass is 9.66. The smallest absolute Gasteiger partial charge is 0.234 e. The van der Waals surface area contributed by atoms with Crippen LogP contribution >= 0.6 is 23.4 Å². The zero-order chi connectivity index (χ0) is 14.3. The van der Waals surface area contributed by atoms with Crippen LogP contribution < -0.4 is 5.32 Å². The van der Waals surface area contributed by atoms with Crippen molar-refractivity contribution < 1.29 is 9.59 Å². The molecule has 0 aliphatic carbocycles. The van der Waals surface area contributed by atoms with Gasteiger partial charge in [0.05, 0.1) is 5.92 Å². The summed E-state index contributed by atoms with van der Waals surface area (Å²) in [7, 11) is 0. The van der Waals surface area contributed by atoms with Crippen molar-refractivity contribution in [1.82, 2.24) is 5.32 Å². The van der Waals surface area contributed by atoms with Gasteiger partial charge in [-0.25, -0.2) is 0 Å². The maximum Gasteiger partial charge on any atom is 0.234 e. The third-order valence-corrected chi connectivity index (χ3v) is 5.89. The SMILES string of the molecule is CC1CC2(CS1)CC(=O)NC(=O)C2c1cccc(Cl)c1. The van der Waals surface area contributed by atoms with Crippen LogP contribution in [0.5, 0.6) is 0 Å². The van der Waals surface area contributed by atoms with Crippen molar-refractivity contribution in [2.45, 2.75) is 30.9 Å². The van der Waals surface area contributed by atoms with Gasteiger partial charge in [-0.3, -0.25) is 14.9 Å². The second kappa shape index (κ2) is 5.08. The summed E-state index contributed by atoms with van der Waals surface area (Å²) < 4.78 is 0. The molecule has 3 unspecified atom stereocenters. The summed E-state index contributed by atoms with van der Waals surface area (Å²) in [6.07, 6.45) is 1.32. The molecule has 2 fully saturated rings. The van der Waals surface area contributed by atoms with Crippen LogP contribution in [0.3, 0.4) is 0 Å². The molecule has 3 atom stereocenters. The molecule has 1 aromatic rings. The Morgan fingerprint density at radius 3 is 2.85 bits per heavy atom. The zero-order valence-corrected chi connectivity index (χ0v) is 12.8. The van der Waals surface area contributed by atoms with Crippen molar-refractivity contribution in [3.8, 4) is 0 Å². The molecule has 2 aliphatic rings. The molecule has 0 saturated carbocycles. The topological polar surface area (TPSA) is 46.2 Å². The lowest BCUT2D eigenvalue weighted by Gasteiger charge is -2.39. The van der Waals surface area contributed by atoms with E-state index in [0.717, 1.165) is 17.7 Å². The molecular weight excluding hydrogens is 294 g/mol. The fourth-order valence-electron chi connectivity index (χ4n) is 3.47. The van der Waals surface area contributed by atoms with E-state index in [2.05, 4.69) is 12.2 Å². The van der Waals surface area contributed by atoms with Gasteiger partial charge < -0.3 is 0 Å². The van der Waals surface area contributed by atoms with Crippen LogP contribution in [0, 0.1) is 5.41 Å². The number of carbonyl (C=O) groups excluding carboxylic acids is 2. The number of imide groups is 1. The van der Waals surface area contributed by atoms with Crippen LogP contribution in [0.2, 0.25) is 5.02 Å². The Hall–Kier alpha value is -1.00. The second-order valence-electron chi connectivity index (χ2n) is 5.77. The minimum atomic E-state index is -0.281. The highest BCUT2D eigenvalue weighted by Gasteiger charge is 2.52. The predicted octanol–water partition coefficient (Wildman–Crippen LogP) is 2.98. The fourth-order valence-corrected chi connectivity index (χ4v) is 5.12. The summed E-state index contributed by atoms with van der Waals surface area (Å²) in [4.78, 5) is 24.2. The normalized spacial score (nSPS) is 33.5. The molecule has 2 saturated heterocycles. The molecule has 5 heteroatoms. The first-order valence-corrected chi connectivity index (χ1v) is 8.14. The Labute approximate surface area is 127 Å². The number of halogens is 1. The van der Waals surface area contributed by atoms with Gasteiger partial charge >= 0.3 is 0 Å². The predicted molar refractivity (Wildman–Crippen MR) is 80.9 cm³/mol.